The van der Waals surface area contributed by atoms with E-state index in [2.05, 4.69) is 41.3 Å². The van der Waals surface area contributed by atoms with Crippen LogP contribution in [0.4, 0.5) is 10.2 Å². The van der Waals surface area contributed by atoms with Crippen LogP contribution in [0, 0.1) is 6.92 Å². The van der Waals surface area contributed by atoms with Crippen LogP contribution in [0.3, 0.4) is 0 Å². The summed E-state index contributed by atoms with van der Waals surface area (Å²) in [6, 6.07) is 3.64. The van der Waals surface area contributed by atoms with Crippen molar-refractivity contribution < 1.29 is 9.18 Å². The fraction of sp³-hybridized carbons (Fsp3) is 0.353. The first-order valence-corrected chi connectivity index (χ1v) is 8.67. The Kier molecular flexibility index (Phi) is 6.01. The number of halogens is 2. The molecule has 0 aliphatic rings. The zero-order valence-electron chi connectivity index (χ0n) is 15.2. The average Bonchev–Trinajstić information content (AvgIpc) is 2.90. The van der Waals surface area contributed by atoms with E-state index in [0.29, 0.717) is 21.9 Å². The van der Waals surface area contributed by atoms with Crippen molar-refractivity contribution in [3.8, 4) is 5.82 Å². The molecule has 0 amide bonds. The van der Waals surface area contributed by atoms with Crippen LogP contribution in [-0.2, 0) is 10.5 Å². The van der Waals surface area contributed by atoms with Crippen LogP contribution in [-0.4, -0.2) is 38.1 Å². The molecule has 0 saturated carbocycles. The minimum absolute atomic E-state index is 0.134. The van der Waals surface area contributed by atoms with E-state index in [-0.39, 0.29) is 5.82 Å². The average molecular weight is 423 g/mol. The normalized spacial score (nSPS) is 11.0. The maximum Gasteiger partial charge on any atom is 0.167 e. The number of aromatic nitrogens is 5. The van der Waals surface area contributed by atoms with Gasteiger partial charge in [-0.3, -0.25) is 0 Å². The first-order chi connectivity index (χ1) is 12.2. The van der Waals surface area contributed by atoms with E-state index in [1.807, 2.05) is 13.0 Å². The summed E-state index contributed by atoms with van der Waals surface area (Å²) in [5.41, 5.74) is -0.131. The Labute approximate surface area is 159 Å². The third kappa shape index (κ3) is 4.21. The second-order valence-electron chi connectivity index (χ2n) is 5.94. The molecule has 0 aromatic carbocycles. The van der Waals surface area contributed by atoms with Crippen molar-refractivity contribution in [3.05, 3.63) is 34.5 Å². The van der Waals surface area contributed by atoms with E-state index in [1.165, 1.54) is 20.8 Å². The smallest absolute Gasteiger partial charge is 0.167 e. The van der Waals surface area contributed by atoms with Crippen LogP contribution in [0.2, 0.25) is 0 Å². The van der Waals surface area contributed by atoms with Gasteiger partial charge in [-0.1, -0.05) is 0 Å². The molecule has 0 radical (unpaired) electrons. The highest BCUT2D eigenvalue weighted by Crippen LogP contribution is 2.28. The van der Waals surface area contributed by atoms with Crippen LogP contribution in [0.15, 0.2) is 22.9 Å². The van der Waals surface area contributed by atoms with E-state index in [1.54, 1.807) is 24.0 Å². The standard InChI is InChI=1S/C15H16BrFN6.C2H4O/c1-8-5-12(21-14(20-8)15(2,3)17)23-10-6-11(18-4)19-7-9(10)13(16)22-23;1-2-3/h5-7H,1-4H3,(H,18,19);2H,1H3. The SMILES string of the molecule is CC=O.CNc1cc2c(cn1)c(Br)nn2-c1cc(C)nc(C(C)(C)F)n1. The highest BCUT2D eigenvalue weighted by atomic mass is 79.9. The molecule has 3 rings (SSSR count). The summed E-state index contributed by atoms with van der Waals surface area (Å²) < 4.78 is 16.6. The number of hydrogen-bond acceptors (Lipinski definition) is 6. The summed E-state index contributed by atoms with van der Waals surface area (Å²) in [5, 5.41) is 8.29. The number of nitrogens with one attached hydrogen (secondary N) is 1. The lowest BCUT2D eigenvalue weighted by Crippen LogP contribution is -2.17. The number of nitrogens with zero attached hydrogens (tertiary/aromatic N) is 5. The van der Waals surface area contributed by atoms with Gasteiger partial charge >= 0.3 is 0 Å². The molecule has 9 heteroatoms. The number of aldehydes is 1. The minimum Gasteiger partial charge on any atom is -0.373 e. The molecular weight excluding hydrogens is 403 g/mol. The summed E-state index contributed by atoms with van der Waals surface area (Å²) in [6.45, 7) is 6.12. The predicted molar refractivity (Wildman–Crippen MR) is 102 cm³/mol. The van der Waals surface area contributed by atoms with Gasteiger partial charge in [-0.2, -0.15) is 5.10 Å². The zero-order chi connectivity index (χ0) is 19.5. The Morgan fingerprint density at radius 1 is 1.31 bits per heavy atom. The number of pyridine rings is 1. The number of rotatable bonds is 3. The first-order valence-electron chi connectivity index (χ1n) is 7.88. The number of hydrogen-bond donors (Lipinski definition) is 1. The second kappa shape index (κ2) is 7.86. The Bertz CT molecular complexity index is 935. The molecule has 0 bridgehead atoms. The van der Waals surface area contributed by atoms with Gasteiger partial charge < -0.3 is 10.1 Å². The number of aryl methyl sites for hydroxylation is 1. The monoisotopic (exact) mass is 422 g/mol. The molecule has 3 aromatic heterocycles. The van der Waals surface area contributed by atoms with Gasteiger partial charge in [0, 0.05) is 31.1 Å². The van der Waals surface area contributed by atoms with E-state index in [9.17, 15) is 4.39 Å². The number of carbonyl (C=O) groups is 1. The largest absolute Gasteiger partial charge is 0.373 e. The van der Waals surface area contributed by atoms with Gasteiger partial charge in [0.1, 0.15) is 16.7 Å². The molecular formula is C17H20BrFN6O. The fourth-order valence-corrected chi connectivity index (χ4v) is 2.68. The van der Waals surface area contributed by atoms with Gasteiger partial charge in [-0.25, -0.2) is 24.0 Å². The molecule has 7 nitrogen and oxygen atoms in total. The summed E-state index contributed by atoms with van der Waals surface area (Å²) in [6.07, 6.45) is 2.48. The Hall–Kier alpha value is -2.42. The second-order valence-corrected chi connectivity index (χ2v) is 6.69. The molecule has 0 unspecified atom stereocenters. The minimum atomic E-state index is -1.63. The van der Waals surface area contributed by atoms with Crippen LogP contribution in [0.25, 0.3) is 16.7 Å². The first kappa shape index (κ1) is 19.9. The van der Waals surface area contributed by atoms with Gasteiger partial charge in [-0.05, 0) is 43.6 Å². The molecule has 138 valence electrons. The molecule has 0 aliphatic carbocycles. The maximum atomic E-state index is 14.3. The Morgan fingerprint density at radius 2 is 1.96 bits per heavy atom. The van der Waals surface area contributed by atoms with Gasteiger partial charge in [-0.15, -0.1) is 0 Å². The Balaban J connectivity index is 0.000000758. The molecule has 0 aliphatic heterocycles. The predicted octanol–water partition coefficient (Wildman–Crippen LogP) is 3.73. The van der Waals surface area contributed by atoms with Crippen molar-refractivity contribution >= 4 is 38.9 Å². The molecule has 0 saturated heterocycles. The molecule has 26 heavy (non-hydrogen) atoms. The van der Waals surface area contributed by atoms with Crippen LogP contribution < -0.4 is 5.32 Å². The fourth-order valence-electron chi connectivity index (χ4n) is 2.21. The van der Waals surface area contributed by atoms with Gasteiger partial charge in [0.2, 0.25) is 0 Å². The maximum absolute atomic E-state index is 14.3. The topological polar surface area (TPSA) is 85.6 Å². The van der Waals surface area contributed by atoms with E-state index >= 15 is 0 Å². The van der Waals surface area contributed by atoms with Crippen molar-refractivity contribution in [1.82, 2.24) is 24.7 Å². The van der Waals surface area contributed by atoms with Gasteiger partial charge in [0.05, 0.1) is 10.9 Å². The van der Waals surface area contributed by atoms with Crippen LogP contribution in [0.1, 0.15) is 32.3 Å². The lowest BCUT2D eigenvalue weighted by atomic mass is 10.1. The zero-order valence-corrected chi connectivity index (χ0v) is 16.8. The molecule has 3 heterocycles. The quantitative estimate of drug-likeness (QED) is 0.647. The number of carbonyl (C=O) groups excluding carboxylic acids is 1. The Morgan fingerprint density at radius 3 is 2.54 bits per heavy atom. The number of fused-ring (bicyclic) bond motifs is 1. The van der Waals surface area contributed by atoms with Crippen molar-refractivity contribution in [3.63, 3.8) is 0 Å². The highest BCUT2D eigenvalue weighted by molar-refractivity contribution is 9.10. The van der Waals surface area contributed by atoms with Crippen LogP contribution in [0.5, 0.6) is 0 Å². The molecule has 0 atom stereocenters. The van der Waals surface area contributed by atoms with E-state index in [4.69, 9.17) is 4.79 Å². The van der Waals surface area contributed by atoms with Crippen molar-refractivity contribution in [1.29, 1.82) is 0 Å². The lowest BCUT2D eigenvalue weighted by molar-refractivity contribution is -0.106. The summed E-state index contributed by atoms with van der Waals surface area (Å²) in [7, 11) is 1.79. The van der Waals surface area contributed by atoms with E-state index in [0.717, 1.165) is 17.2 Å². The lowest BCUT2D eigenvalue weighted by Gasteiger charge is -2.14. The van der Waals surface area contributed by atoms with Crippen molar-refractivity contribution in [2.45, 2.75) is 33.4 Å². The van der Waals surface area contributed by atoms with Crippen LogP contribution >= 0.6 is 15.9 Å². The highest BCUT2D eigenvalue weighted by Gasteiger charge is 2.24. The summed E-state index contributed by atoms with van der Waals surface area (Å²) >= 11 is 3.43. The number of anilines is 1. The third-order valence-electron chi connectivity index (χ3n) is 3.37. The van der Waals surface area contributed by atoms with Gasteiger partial charge in [0.15, 0.2) is 17.3 Å². The van der Waals surface area contributed by atoms with Gasteiger partial charge in [0.25, 0.3) is 0 Å². The molecule has 0 fully saturated rings. The molecule has 1 N–H and O–H groups in total. The molecule has 0 spiro atoms. The summed E-state index contributed by atoms with van der Waals surface area (Å²) in [4.78, 5) is 21.6. The van der Waals surface area contributed by atoms with Crippen molar-refractivity contribution in [2.75, 3.05) is 12.4 Å². The third-order valence-corrected chi connectivity index (χ3v) is 3.95. The number of alkyl halides is 1. The van der Waals surface area contributed by atoms with E-state index < -0.39 is 5.67 Å². The van der Waals surface area contributed by atoms with Crippen molar-refractivity contribution in [2.24, 2.45) is 0 Å². The molecule has 3 aromatic rings. The summed E-state index contributed by atoms with van der Waals surface area (Å²) in [5.74, 6) is 1.36.